The molecular formula is C9H13N3O6. The van der Waals surface area contributed by atoms with Gasteiger partial charge in [-0.1, -0.05) is 0 Å². The first-order valence-corrected chi connectivity index (χ1v) is 5.29. The minimum absolute atomic E-state index is 0.685. The normalized spacial score (nSPS) is 36.6. The fraction of sp³-hybridized carbons (Fsp3) is 0.667. The van der Waals surface area contributed by atoms with E-state index in [1.165, 1.54) is 6.92 Å². The van der Waals surface area contributed by atoms with Gasteiger partial charge in [0, 0.05) is 0 Å². The lowest BCUT2D eigenvalue weighted by Crippen LogP contribution is -2.56. The van der Waals surface area contributed by atoms with Crippen LogP contribution in [0.2, 0.25) is 0 Å². The first-order chi connectivity index (χ1) is 8.41. The molecule has 2 rings (SSSR count). The van der Waals surface area contributed by atoms with Crippen LogP contribution in [0, 0.1) is 0 Å². The second kappa shape index (κ2) is 4.61. The van der Waals surface area contributed by atoms with Crippen molar-refractivity contribution in [3.63, 3.8) is 0 Å². The van der Waals surface area contributed by atoms with E-state index >= 15 is 0 Å². The number of rotatable bonds is 1. The fourth-order valence-electron chi connectivity index (χ4n) is 1.77. The van der Waals surface area contributed by atoms with Crippen LogP contribution in [0.25, 0.3) is 0 Å². The van der Waals surface area contributed by atoms with Crippen LogP contribution in [-0.4, -0.2) is 54.5 Å². The molecule has 4 N–H and O–H groups in total. The smallest absolute Gasteiger partial charge is 0.347 e. The van der Waals surface area contributed by atoms with Crippen molar-refractivity contribution in [3.05, 3.63) is 27.0 Å². The molecule has 1 aliphatic rings. The Balaban J connectivity index is 2.38. The monoisotopic (exact) mass is 259 g/mol. The van der Waals surface area contributed by atoms with Crippen LogP contribution >= 0.6 is 0 Å². The zero-order chi connectivity index (χ0) is 13.4. The van der Waals surface area contributed by atoms with Gasteiger partial charge in [-0.05, 0) is 6.92 Å². The van der Waals surface area contributed by atoms with Crippen LogP contribution < -0.4 is 11.2 Å². The minimum Gasteiger partial charge on any atom is -0.388 e. The quantitative estimate of drug-likeness (QED) is 0.420. The van der Waals surface area contributed by atoms with Gasteiger partial charge >= 0.3 is 5.69 Å². The van der Waals surface area contributed by atoms with Crippen LogP contribution in [0.15, 0.2) is 15.8 Å². The van der Waals surface area contributed by atoms with E-state index < -0.39 is 41.9 Å². The Bertz CT molecular complexity index is 540. The Morgan fingerprint density at radius 3 is 2.56 bits per heavy atom. The minimum atomic E-state index is -1.53. The highest BCUT2D eigenvalue weighted by molar-refractivity contribution is 4.89. The van der Waals surface area contributed by atoms with Crippen LogP contribution in [0.5, 0.6) is 0 Å². The van der Waals surface area contributed by atoms with Crippen molar-refractivity contribution in [2.45, 2.75) is 37.6 Å². The van der Waals surface area contributed by atoms with Gasteiger partial charge in [0.25, 0.3) is 5.56 Å². The van der Waals surface area contributed by atoms with Crippen molar-refractivity contribution >= 4 is 0 Å². The van der Waals surface area contributed by atoms with E-state index in [0.29, 0.717) is 4.68 Å². The SMILES string of the molecule is C[C@@H]1O[C@@H](n2ncc(=O)[nH]c2=O)[C@@H](O)[C@@H](O)[C@@H]1O. The lowest BCUT2D eigenvalue weighted by atomic mass is 9.99. The van der Waals surface area contributed by atoms with Crippen molar-refractivity contribution in [1.29, 1.82) is 0 Å². The molecule has 0 radical (unpaired) electrons. The molecular weight excluding hydrogens is 246 g/mol. The summed E-state index contributed by atoms with van der Waals surface area (Å²) < 4.78 is 5.91. The van der Waals surface area contributed by atoms with E-state index in [4.69, 9.17) is 4.74 Å². The van der Waals surface area contributed by atoms with E-state index in [-0.39, 0.29) is 0 Å². The summed E-state index contributed by atoms with van der Waals surface area (Å²) >= 11 is 0. The highest BCUT2D eigenvalue weighted by Crippen LogP contribution is 2.26. The zero-order valence-electron chi connectivity index (χ0n) is 9.42. The third-order valence-corrected chi connectivity index (χ3v) is 2.81. The first kappa shape index (κ1) is 12.9. The second-order valence-corrected chi connectivity index (χ2v) is 4.09. The van der Waals surface area contributed by atoms with Crippen molar-refractivity contribution in [2.24, 2.45) is 0 Å². The molecule has 1 aromatic rings. The Hall–Kier alpha value is -1.55. The maximum absolute atomic E-state index is 11.5. The van der Waals surface area contributed by atoms with Gasteiger partial charge in [-0.25, -0.2) is 4.79 Å². The number of nitrogens with one attached hydrogen (secondary N) is 1. The summed E-state index contributed by atoms with van der Waals surface area (Å²) in [5, 5.41) is 32.4. The van der Waals surface area contributed by atoms with E-state index in [9.17, 15) is 24.9 Å². The molecule has 1 aliphatic heterocycles. The summed E-state index contributed by atoms with van der Waals surface area (Å²) in [5.41, 5.74) is -1.56. The third kappa shape index (κ3) is 2.08. The molecule has 0 saturated carbocycles. The number of nitrogens with zero attached hydrogens (tertiary/aromatic N) is 2. The number of aliphatic hydroxyl groups is 3. The van der Waals surface area contributed by atoms with Crippen molar-refractivity contribution in [2.75, 3.05) is 0 Å². The summed E-state index contributed by atoms with van der Waals surface area (Å²) in [6.07, 6.45) is -5.50. The zero-order valence-corrected chi connectivity index (χ0v) is 9.42. The molecule has 1 fully saturated rings. The van der Waals surface area contributed by atoms with Crippen LogP contribution in [-0.2, 0) is 4.74 Å². The molecule has 100 valence electrons. The number of H-pyrrole nitrogens is 1. The van der Waals surface area contributed by atoms with Crippen LogP contribution in [0.1, 0.15) is 13.2 Å². The van der Waals surface area contributed by atoms with Gasteiger partial charge in [0.05, 0.1) is 6.10 Å². The molecule has 2 heterocycles. The molecule has 0 aliphatic carbocycles. The summed E-state index contributed by atoms with van der Waals surface area (Å²) in [5.74, 6) is 0. The van der Waals surface area contributed by atoms with Crippen LogP contribution in [0.3, 0.4) is 0 Å². The number of aromatic nitrogens is 3. The van der Waals surface area contributed by atoms with Crippen LogP contribution in [0.4, 0.5) is 0 Å². The first-order valence-electron chi connectivity index (χ1n) is 5.29. The molecule has 9 nitrogen and oxygen atoms in total. The van der Waals surface area contributed by atoms with Gasteiger partial charge in [0.1, 0.15) is 24.5 Å². The molecule has 1 saturated heterocycles. The number of aliphatic hydroxyl groups excluding tert-OH is 3. The molecule has 0 bridgehead atoms. The molecule has 0 amide bonds. The number of hydrogen-bond donors (Lipinski definition) is 4. The number of aromatic amines is 1. The Morgan fingerprint density at radius 2 is 1.94 bits per heavy atom. The molecule has 18 heavy (non-hydrogen) atoms. The average molecular weight is 259 g/mol. The van der Waals surface area contributed by atoms with E-state index in [1.807, 2.05) is 4.98 Å². The van der Waals surface area contributed by atoms with E-state index in [1.54, 1.807) is 0 Å². The number of hydrogen-bond acceptors (Lipinski definition) is 7. The molecule has 0 aromatic carbocycles. The standard InChI is InChI=1S/C9H13N3O6/c1-3-5(14)6(15)7(16)8(18-3)12-9(17)11-4(13)2-10-12/h2-3,5-8,14-16H,1H3,(H,11,13,17)/t3-,5+,6-,7-,8+/m0/s1. The van der Waals surface area contributed by atoms with Crippen molar-refractivity contribution in [1.82, 2.24) is 14.8 Å². The average Bonchev–Trinajstić information content (AvgIpc) is 2.32. The predicted octanol–water partition coefficient (Wildman–Crippen LogP) is -3.07. The Labute approximate surface area is 100 Å². The molecule has 9 heteroatoms. The van der Waals surface area contributed by atoms with E-state index in [0.717, 1.165) is 6.20 Å². The molecule has 0 spiro atoms. The summed E-state index contributed by atoms with van der Waals surface area (Å²) in [6.45, 7) is 1.48. The number of ether oxygens (including phenoxy) is 1. The summed E-state index contributed by atoms with van der Waals surface area (Å²) in [4.78, 5) is 24.3. The van der Waals surface area contributed by atoms with Gasteiger partial charge in [-0.3, -0.25) is 9.78 Å². The summed E-state index contributed by atoms with van der Waals surface area (Å²) in [6, 6.07) is 0. The Morgan fingerprint density at radius 1 is 1.28 bits per heavy atom. The third-order valence-electron chi connectivity index (χ3n) is 2.81. The van der Waals surface area contributed by atoms with Crippen molar-refractivity contribution in [3.8, 4) is 0 Å². The Kier molecular flexibility index (Phi) is 3.30. The van der Waals surface area contributed by atoms with Gasteiger partial charge < -0.3 is 20.1 Å². The van der Waals surface area contributed by atoms with Gasteiger partial charge in [-0.2, -0.15) is 9.78 Å². The molecule has 5 atom stereocenters. The lowest BCUT2D eigenvalue weighted by Gasteiger charge is -2.38. The highest BCUT2D eigenvalue weighted by Gasteiger charge is 2.43. The predicted molar refractivity (Wildman–Crippen MR) is 56.7 cm³/mol. The topological polar surface area (TPSA) is 138 Å². The van der Waals surface area contributed by atoms with Crippen molar-refractivity contribution < 1.29 is 20.1 Å². The summed E-state index contributed by atoms with van der Waals surface area (Å²) in [7, 11) is 0. The maximum atomic E-state index is 11.5. The van der Waals surface area contributed by atoms with Gasteiger partial charge in [-0.15, -0.1) is 0 Å². The highest BCUT2D eigenvalue weighted by atomic mass is 16.5. The largest absolute Gasteiger partial charge is 0.388 e. The lowest BCUT2D eigenvalue weighted by molar-refractivity contribution is -0.244. The van der Waals surface area contributed by atoms with Gasteiger partial charge in [0.2, 0.25) is 0 Å². The van der Waals surface area contributed by atoms with Gasteiger partial charge in [0.15, 0.2) is 6.23 Å². The fourth-order valence-corrected chi connectivity index (χ4v) is 1.77. The van der Waals surface area contributed by atoms with E-state index in [2.05, 4.69) is 5.10 Å². The molecule has 0 unspecified atom stereocenters. The second-order valence-electron chi connectivity index (χ2n) is 4.09. The molecule has 1 aromatic heterocycles. The maximum Gasteiger partial charge on any atom is 0.347 e.